The van der Waals surface area contributed by atoms with E-state index in [1.807, 2.05) is 35.8 Å². The topological polar surface area (TPSA) is 42.8 Å². The number of ether oxygens (including phenoxy) is 1. The van der Waals surface area contributed by atoms with Crippen LogP contribution in [0.25, 0.3) is 16.9 Å². The summed E-state index contributed by atoms with van der Waals surface area (Å²) in [5.41, 5.74) is 3.70. The van der Waals surface area contributed by atoms with E-state index in [0.29, 0.717) is 4.77 Å². The van der Waals surface area contributed by atoms with Crippen LogP contribution in [-0.2, 0) is 0 Å². The Morgan fingerprint density at radius 2 is 2.15 bits per heavy atom. The van der Waals surface area contributed by atoms with Crippen LogP contribution >= 0.6 is 28.1 Å². The molecule has 0 fully saturated rings. The molecule has 0 aliphatic carbocycles. The first-order valence-electron chi connectivity index (χ1n) is 6.02. The van der Waals surface area contributed by atoms with Gasteiger partial charge in [0.25, 0.3) is 0 Å². The van der Waals surface area contributed by atoms with E-state index in [2.05, 4.69) is 25.9 Å². The van der Waals surface area contributed by atoms with Crippen LogP contribution in [0.3, 0.4) is 0 Å². The number of benzene rings is 1. The third-order valence-corrected chi connectivity index (χ3v) is 3.95. The molecule has 0 amide bonds. The van der Waals surface area contributed by atoms with Gasteiger partial charge in [0.15, 0.2) is 10.4 Å². The first-order chi connectivity index (χ1) is 9.61. The molecule has 4 nitrogen and oxygen atoms in total. The van der Waals surface area contributed by atoms with Crippen LogP contribution in [0.15, 0.2) is 34.9 Å². The van der Waals surface area contributed by atoms with E-state index in [9.17, 15) is 0 Å². The molecule has 3 rings (SSSR count). The Hall–Kier alpha value is -1.66. The molecule has 1 aromatic carbocycles. The highest BCUT2D eigenvalue weighted by molar-refractivity contribution is 9.10. The summed E-state index contributed by atoms with van der Waals surface area (Å²) in [6, 6.07) is 7.75. The number of imidazole rings is 1. The first-order valence-corrected chi connectivity index (χ1v) is 7.22. The second-order valence-corrected chi connectivity index (χ2v) is 5.71. The summed E-state index contributed by atoms with van der Waals surface area (Å²) in [5, 5.41) is 0. The molecule has 0 atom stereocenters. The first kappa shape index (κ1) is 13.3. The summed E-state index contributed by atoms with van der Waals surface area (Å²) in [6.07, 6.45) is 1.78. The lowest BCUT2D eigenvalue weighted by molar-refractivity contribution is 0.413. The van der Waals surface area contributed by atoms with Gasteiger partial charge in [-0.15, -0.1) is 0 Å². The molecule has 0 aliphatic heterocycles. The summed E-state index contributed by atoms with van der Waals surface area (Å²) < 4.78 is 8.87. The van der Waals surface area contributed by atoms with Gasteiger partial charge in [0.2, 0.25) is 0 Å². The van der Waals surface area contributed by atoms with Crippen LogP contribution in [0.5, 0.6) is 5.75 Å². The van der Waals surface area contributed by atoms with Crippen molar-refractivity contribution in [1.29, 1.82) is 0 Å². The number of H-pyrrole nitrogens is 1. The molecule has 102 valence electrons. The number of halogens is 1. The third kappa shape index (κ3) is 2.05. The van der Waals surface area contributed by atoms with Gasteiger partial charge < -0.3 is 9.72 Å². The number of rotatable bonds is 2. The van der Waals surface area contributed by atoms with Gasteiger partial charge >= 0.3 is 0 Å². The summed E-state index contributed by atoms with van der Waals surface area (Å²) in [7, 11) is 1.64. The average molecular weight is 350 g/mol. The molecule has 0 saturated heterocycles. The maximum absolute atomic E-state index is 5.44. The van der Waals surface area contributed by atoms with Crippen molar-refractivity contribution in [2.75, 3.05) is 7.11 Å². The third-order valence-electron chi connectivity index (χ3n) is 3.17. The van der Waals surface area contributed by atoms with Gasteiger partial charge in [0, 0.05) is 10.7 Å². The molecule has 6 heteroatoms. The molecule has 0 bridgehead atoms. The largest absolute Gasteiger partial charge is 0.495 e. The number of aromatic amines is 1. The number of methoxy groups -OCH3 is 1. The fourth-order valence-electron chi connectivity index (χ4n) is 2.19. The molecule has 0 unspecified atom stereocenters. The number of fused-ring (bicyclic) bond motifs is 1. The molecule has 1 N–H and O–H groups in total. The van der Waals surface area contributed by atoms with Gasteiger partial charge in [-0.3, -0.25) is 4.57 Å². The van der Waals surface area contributed by atoms with Crippen LogP contribution < -0.4 is 4.74 Å². The Labute approximate surface area is 129 Å². The highest BCUT2D eigenvalue weighted by Gasteiger charge is 2.13. The minimum atomic E-state index is 0.596. The Balaban J connectivity index is 2.41. The van der Waals surface area contributed by atoms with Crippen LogP contribution in [0.2, 0.25) is 0 Å². The maximum Gasteiger partial charge on any atom is 0.184 e. The number of hydrogen-bond donors (Lipinski definition) is 1. The Morgan fingerprint density at radius 3 is 2.90 bits per heavy atom. The number of aromatic nitrogens is 3. The van der Waals surface area contributed by atoms with Gasteiger partial charge in [-0.1, -0.05) is 15.9 Å². The van der Waals surface area contributed by atoms with E-state index in [-0.39, 0.29) is 0 Å². The van der Waals surface area contributed by atoms with Crippen LogP contribution in [0.4, 0.5) is 0 Å². The zero-order valence-corrected chi connectivity index (χ0v) is 13.4. The summed E-state index contributed by atoms with van der Waals surface area (Å²) >= 11 is 8.92. The van der Waals surface area contributed by atoms with E-state index in [1.165, 1.54) is 0 Å². The van der Waals surface area contributed by atoms with Gasteiger partial charge in [-0.25, -0.2) is 4.98 Å². The predicted molar refractivity (Wildman–Crippen MR) is 85.2 cm³/mol. The molecule has 0 spiro atoms. The van der Waals surface area contributed by atoms with Gasteiger partial charge in [-0.05, 0) is 49.0 Å². The van der Waals surface area contributed by atoms with E-state index < -0.39 is 0 Å². The summed E-state index contributed by atoms with van der Waals surface area (Å²) in [5.74, 6) is 0.744. The number of hydrogen-bond acceptors (Lipinski definition) is 3. The standard InChI is InChI=1S/C14H12BrN3OS/c1-8-5-6-16-13-12(8)17-14(20)18(13)10-7-9(15)3-4-11(10)19-2/h3-7H,1-2H3,(H,17,20). The molecule has 3 aromatic rings. The zero-order chi connectivity index (χ0) is 14.3. The highest BCUT2D eigenvalue weighted by atomic mass is 79.9. The van der Waals surface area contributed by atoms with Gasteiger partial charge in [0.05, 0.1) is 18.3 Å². The molecule has 2 heterocycles. The van der Waals surface area contributed by atoms with E-state index in [0.717, 1.165) is 32.6 Å². The van der Waals surface area contributed by atoms with Crippen LogP contribution in [0.1, 0.15) is 5.56 Å². The smallest absolute Gasteiger partial charge is 0.184 e. The van der Waals surface area contributed by atoms with E-state index in [1.54, 1.807) is 13.3 Å². The maximum atomic E-state index is 5.44. The van der Waals surface area contributed by atoms with Crippen molar-refractivity contribution in [3.05, 3.63) is 45.3 Å². The molecule has 2 aromatic heterocycles. The Morgan fingerprint density at radius 1 is 1.35 bits per heavy atom. The van der Waals surface area contributed by atoms with Gasteiger partial charge in [0.1, 0.15) is 5.75 Å². The van der Waals surface area contributed by atoms with Crippen molar-refractivity contribution >= 4 is 39.3 Å². The van der Waals surface area contributed by atoms with Crippen molar-refractivity contribution in [2.24, 2.45) is 0 Å². The van der Waals surface area contributed by atoms with E-state index >= 15 is 0 Å². The molecule has 0 saturated carbocycles. The zero-order valence-electron chi connectivity index (χ0n) is 11.0. The molecular formula is C14H12BrN3OS. The van der Waals surface area contributed by atoms with Crippen molar-refractivity contribution in [3.8, 4) is 11.4 Å². The highest BCUT2D eigenvalue weighted by Crippen LogP contribution is 2.29. The number of nitrogens with one attached hydrogen (secondary N) is 1. The fraction of sp³-hybridized carbons (Fsp3) is 0.143. The number of pyridine rings is 1. The quantitative estimate of drug-likeness (QED) is 0.706. The summed E-state index contributed by atoms with van der Waals surface area (Å²) in [4.78, 5) is 7.65. The normalized spacial score (nSPS) is 10.9. The van der Waals surface area contributed by atoms with Crippen LogP contribution in [-0.4, -0.2) is 21.6 Å². The van der Waals surface area contributed by atoms with Crippen molar-refractivity contribution in [1.82, 2.24) is 14.5 Å². The molecular weight excluding hydrogens is 338 g/mol. The van der Waals surface area contributed by atoms with Crippen molar-refractivity contribution in [2.45, 2.75) is 6.92 Å². The van der Waals surface area contributed by atoms with E-state index in [4.69, 9.17) is 17.0 Å². The average Bonchev–Trinajstić information content (AvgIpc) is 2.76. The second-order valence-electron chi connectivity index (χ2n) is 4.41. The lowest BCUT2D eigenvalue weighted by Crippen LogP contribution is -1.99. The predicted octanol–water partition coefficient (Wildman–Crippen LogP) is 4.16. The number of nitrogens with zero attached hydrogens (tertiary/aromatic N) is 2. The Bertz CT molecular complexity index is 853. The number of aryl methyl sites for hydroxylation is 1. The van der Waals surface area contributed by atoms with Crippen molar-refractivity contribution in [3.63, 3.8) is 0 Å². The summed E-state index contributed by atoms with van der Waals surface area (Å²) in [6.45, 7) is 2.03. The SMILES string of the molecule is COc1ccc(Br)cc1-n1c(=S)[nH]c2c(C)ccnc21. The lowest BCUT2D eigenvalue weighted by atomic mass is 10.2. The lowest BCUT2D eigenvalue weighted by Gasteiger charge is -2.10. The molecule has 0 radical (unpaired) electrons. The monoisotopic (exact) mass is 349 g/mol. The van der Waals surface area contributed by atoms with Crippen LogP contribution in [0, 0.1) is 11.7 Å². The van der Waals surface area contributed by atoms with Crippen molar-refractivity contribution < 1.29 is 4.74 Å². The molecule has 0 aliphatic rings. The minimum absolute atomic E-state index is 0.596. The Kier molecular flexibility index (Phi) is 3.35. The van der Waals surface area contributed by atoms with Gasteiger partial charge in [-0.2, -0.15) is 0 Å². The fourth-order valence-corrected chi connectivity index (χ4v) is 2.82. The second kappa shape index (κ2) is 5.03. The molecule has 20 heavy (non-hydrogen) atoms. The minimum Gasteiger partial charge on any atom is -0.495 e.